The molecule has 0 saturated carbocycles. The van der Waals surface area contributed by atoms with Crippen LogP contribution in [-0.4, -0.2) is 13.6 Å². The summed E-state index contributed by atoms with van der Waals surface area (Å²) < 4.78 is 0. The standard InChI is InChI=1S/C18H23ClN2/c1-5-20-12-15-16(19)7-6-8-18(15)21(4)17-10-9-13(2)11-14(17)3/h6-11,20H,5,12H2,1-4H3. The van der Waals surface area contributed by atoms with Gasteiger partial charge in [-0.1, -0.05) is 42.3 Å². The van der Waals surface area contributed by atoms with E-state index in [-0.39, 0.29) is 0 Å². The second-order valence-corrected chi connectivity index (χ2v) is 5.77. The SMILES string of the molecule is CCNCc1c(Cl)cccc1N(C)c1ccc(C)cc1C. The second-order valence-electron chi connectivity index (χ2n) is 5.37. The van der Waals surface area contributed by atoms with Gasteiger partial charge in [0.1, 0.15) is 0 Å². The van der Waals surface area contributed by atoms with Gasteiger partial charge < -0.3 is 10.2 Å². The maximum atomic E-state index is 6.40. The van der Waals surface area contributed by atoms with E-state index in [0.29, 0.717) is 0 Å². The minimum Gasteiger partial charge on any atom is -0.344 e. The summed E-state index contributed by atoms with van der Waals surface area (Å²) in [5.74, 6) is 0. The fourth-order valence-electron chi connectivity index (χ4n) is 2.60. The largest absolute Gasteiger partial charge is 0.344 e. The number of hydrogen-bond acceptors (Lipinski definition) is 2. The molecule has 0 aliphatic rings. The Balaban J connectivity index is 2.42. The highest BCUT2D eigenvalue weighted by Crippen LogP contribution is 2.33. The van der Waals surface area contributed by atoms with E-state index >= 15 is 0 Å². The molecule has 3 heteroatoms. The first-order chi connectivity index (χ1) is 10.0. The van der Waals surface area contributed by atoms with Gasteiger partial charge in [0, 0.05) is 35.6 Å². The number of hydrogen-bond donors (Lipinski definition) is 1. The van der Waals surface area contributed by atoms with Crippen molar-refractivity contribution >= 4 is 23.0 Å². The summed E-state index contributed by atoms with van der Waals surface area (Å²) in [6, 6.07) is 12.6. The number of aryl methyl sites for hydroxylation is 2. The molecular formula is C18H23ClN2. The highest BCUT2D eigenvalue weighted by Gasteiger charge is 2.13. The molecule has 0 spiro atoms. The summed E-state index contributed by atoms with van der Waals surface area (Å²) in [4.78, 5) is 2.22. The number of anilines is 2. The average molecular weight is 303 g/mol. The van der Waals surface area contributed by atoms with E-state index in [2.05, 4.69) is 62.3 Å². The molecule has 112 valence electrons. The Morgan fingerprint density at radius 1 is 1.10 bits per heavy atom. The van der Waals surface area contributed by atoms with Gasteiger partial charge in [0.25, 0.3) is 0 Å². The van der Waals surface area contributed by atoms with E-state index in [1.807, 2.05) is 12.1 Å². The summed E-state index contributed by atoms with van der Waals surface area (Å²) in [5, 5.41) is 4.17. The molecule has 0 aliphatic carbocycles. The zero-order chi connectivity index (χ0) is 15.4. The molecular weight excluding hydrogens is 280 g/mol. The first-order valence-electron chi connectivity index (χ1n) is 7.33. The molecule has 0 amide bonds. The van der Waals surface area contributed by atoms with Gasteiger partial charge in [0.2, 0.25) is 0 Å². The van der Waals surface area contributed by atoms with Crippen molar-refractivity contribution in [3.8, 4) is 0 Å². The molecule has 21 heavy (non-hydrogen) atoms. The number of halogens is 1. The van der Waals surface area contributed by atoms with Crippen molar-refractivity contribution in [1.29, 1.82) is 0 Å². The van der Waals surface area contributed by atoms with Gasteiger partial charge in [-0.2, -0.15) is 0 Å². The van der Waals surface area contributed by atoms with Gasteiger partial charge in [0.05, 0.1) is 0 Å². The summed E-state index contributed by atoms with van der Waals surface area (Å²) in [7, 11) is 2.10. The van der Waals surface area contributed by atoms with Crippen LogP contribution in [0.5, 0.6) is 0 Å². The Morgan fingerprint density at radius 2 is 1.86 bits per heavy atom. The quantitative estimate of drug-likeness (QED) is 0.850. The lowest BCUT2D eigenvalue weighted by molar-refractivity contribution is 0.726. The van der Waals surface area contributed by atoms with Crippen LogP contribution < -0.4 is 10.2 Å². The summed E-state index contributed by atoms with van der Waals surface area (Å²) in [6.07, 6.45) is 0. The first kappa shape index (κ1) is 15.9. The van der Waals surface area contributed by atoms with Crippen molar-refractivity contribution in [1.82, 2.24) is 5.32 Å². The van der Waals surface area contributed by atoms with Crippen LogP contribution in [0.2, 0.25) is 5.02 Å². The Kier molecular flexibility index (Phi) is 5.27. The lowest BCUT2D eigenvalue weighted by Crippen LogP contribution is -2.18. The van der Waals surface area contributed by atoms with Crippen LogP contribution in [0.25, 0.3) is 0 Å². The third-order valence-corrected chi connectivity index (χ3v) is 4.08. The van der Waals surface area contributed by atoms with Crippen molar-refractivity contribution in [2.45, 2.75) is 27.3 Å². The smallest absolute Gasteiger partial charge is 0.0471 e. The lowest BCUT2D eigenvalue weighted by atomic mass is 10.1. The molecule has 0 saturated heterocycles. The van der Waals surface area contributed by atoms with E-state index in [4.69, 9.17) is 11.6 Å². The van der Waals surface area contributed by atoms with Crippen LogP contribution in [0.15, 0.2) is 36.4 Å². The van der Waals surface area contributed by atoms with Crippen LogP contribution >= 0.6 is 11.6 Å². The van der Waals surface area contributed by atoms with Crippen LogP contribution in [0.4, 0.5) is 11.4 Å². The van der Waals surface area contributed by atoms with E-state index in [0.717, 1.165) is 29.4 Å². The predicted octanol–water partition coefficient (Wildman–Crippen LogP) is 4.83. The van der Waals surface area contributed by atoms with Crippen molar-refractivity contribution in [3.05, 3.63) is 58.1 Å². The molecule has 0 atom stereocenters. The number of nitrogens with zero attached hydrogens (tertiary/aromatic N) is 1. The maximum Gasteiger partial charge on any atom is 0.0471 e. The zero-order valence-electron chi connectivity index (χ0n) is 13.2. The van der Waals surface area contributed by atoms with E-state index < -0.39 is 0 Å². The van der Waals surface area contributed by atoms with Gasteiger partial charge in [-0.15, -0.1) is 0 Å². The van der Waals surface area contributed by atoms with Gasteiger partial charge in [-0.3, -0.25) is 0 Å². The lowest BCUT2D eigenvalue weighted by Gasteiger charge is -2.25. The normalized spacial score (nSPS) is 10.7. The van der Waals surface area contributed by atoms with E-state index in [9.17, 15) is 0 Å². The van der Waals surface area contributed by atoms with Gasteiger partial charge in [-0.05, 0) is 44.2 Å². The first-order valence-corrected chi connectivity index (χ1v) is 7.71. The molecule has 2 rings (SSSR count). The zero-order valence-corrected chi connectivity index (χ0v) is 14.0. The van der Waals surface area contributed by atoms with Crippen LogP contribution in [0.3, 0.4) is 0 Å². The van der Waals surface area contributed by atoms with Crippen molar-refractivity contribution in [3.63, 3.8) is 0 Å². The molecule has 0 aromatic heterocycles. The number of nitrogens with one attached hydrogen (secondary N) is 1. The fraction of sp³-hybridized carbons (Fsp3) is 0.333. The average Bonchev–Trinajstić information content (AvgIpc) is 2.45. The molecule has 0 bridgehead atoms. The predicted molar refractivity (Wildman–Crippen MR) is 92.8 cm³/mol. The molecule has 0 aliphatic heterocycles. The molecule has 0 radical (unpaired) electrons. The second kappa shape index (κ2) is 6.97. The van der Waals surface area contributed by atoms with Gasteiger partial charge in [0.15, 0.2) is 0 Å². The highest BCUT2D eigenvalue weighted by molar-refractivity contribution is 6.31. The fourth-order valence-corrected chi connectivity index (χ4v) is 2.83. The van der Waals surface area contributed by atoms with Gasteiger partial charge in [-0.25, -0.2) is 0 Å². The van der Waals surface area contributed by atoms with E-state index in [1.165, 1.54) is 16.8 Å². The minimum absolute atomic E-state index is 0.779. The number of benzene rings is 2. The summed E-state index contributed by atoms with van der Waals surface area (Å²) >= 11 is 6.40. The number of rotatable bonds is 5. The topological polar surface area (TPSA) is 15.3 Å². The summed E-state index contributed by atoms with van der Waals surface area (Å²) in [5.41, 5.74) is 6.05. The minimum atomic E-state index is 0.779. The van der Waals surface area contributed by atoms with Crippen molar-refractivity contribution < 1.29 is 0 Å². The molecule has 1 N–H and O–H groups in total. The third-order valence-electron chi connectivity index (χ3n) is 3.72. The summed E-state index contributed by atoms with van der Waals surface area (Å²) in [6.45, 7) is 8.07. The van der Waals surface area contributed by atoms with Crippen LogP contribution in [-0.2, 0) is 6.54 Å². The van der Waals surface area contributed by atoms with E-state index in [1.54, 1.807) is 0 Å². The van der Waals surface area contributed by atoms with Crippen LogP contribution in [0, 0.1) is 13.8 Å². The molecule has 2 nitrogen and oxygen atoms in total. The highest BCUT2D eigenvalue weighted by atomic mass is 35.5. The van der Waals surface area contributed by atoms with Crippen molar-refractivity contribution in [2.24, 2.45) is 0 Å². The Hall–Kier alpha value is -1.51. The van der Waals surface area contributed by atoms with Crippen molar-refractivity contribution in [2.75, 3.05) is 18.5 Å². The molecule has 0 unspecified atom stereocenters. The van der Waals surface area contributed by atoms with Crippen LogP contribution in [0.1, 0.15) is 23.6 Å². The molecule has 0 fully saturated rings. The Bertz CT molecular complexity index is 623. The molecule has 2 aromatic carbocycles. The molecule has 2 aromatic rings. The maximum absolute atomic E-state index is 6.40. The Labute approximate surface area is 132 Å². The Morgan fingerprint density at radius 3 is 2.52 bits per heavy atom. The third kappa shape index (κ3) is 3.58. The van der Waals surface area contributed by atoms with Gasteiger partial charge >= 0.3 is 0 Å². The monoisotopic (exact) mass is 302 g/mol. The molecule has 0 heterocycles.